The van der Waals surface area contributed by atoms with E-state index >= 15 is 0 Å². The Morgan fingerprint density at radius 1 is 1.43 bits per heavy atom. The van der Waals surface area contributed by atoms with E-state index in [4.69, 9.17) is 0 Å². The first kappa shape index (κ1) is 10.2. The maximum Gasteiger partial charge on any atom is 0.0210 e. The fraction of sp³-hybridized carbons (Fsp3) is 0.538. The standard InChI is InChI=1S/C13H17Br/c1-4-9-8-10-11(13(9,2)3)6-5-7-12(10)14/h5-7,9H,4,8H2,1-3H3/t9-/m0/s1. The van der Waals surface area contributed by atoms with E-state index in [0.29, 0.717) is 5.41 Å². The Kier molecular flexibility index (Phi) is 2.46. The van der Waals surface area contributed by atoms with Gasteiger partial charge >= 0.3 is 0 Å². The van der Waals surface area contributed by atoms with Crippen molar-refractivity contribution < 1.29 is 0 Å². The van der Waals surface area contributed by atoms with Gasteiger partial charge in [-0.25, -0.2) is 0 Å². The first-order valence-electron chi connectivity index (χ1n) is 5.35. The van der Waals surface area contributed by atoms with E-state index in [2.05, 4.69) is 54.9 Å². The van der Waals surface area contributed by atoms with Crippen LogP contribution in [0.25, 0.3) is 0 Å². The molecule has 0 aliphatic heterocycles. The van der Waals surface area contributed by atoms with Crippen molar-refractivity contribution in [3.05, 3.63) is 33.8 Å². The second kappa shape index (κ2) is 3.37. The molecule has 1 aliphatic carbocycles. The lowest BCUT2D eigenvalue weighted by Gasteiger charge is -2.27. The summed E-state index contributed by atoms with van der Waals surface area (Å²) in [7, 11) is 0. The molecule has 76 valence electrons. The summed E-state index contributed by atoms with van der Waals surface area (Å²) in [4.78, 5) is 0. The van der Waals surface area contributed by atoms with E-state index < -0.39 is 0 Å². The van der Waals surface area contributed by atoms with E-state index in [9.17, 15) is 0 Å². The smallest absolute Gasteiger partial charge is 0.0210 e. The van der Waals surface area contributed by atoms with Crippen LogP contribution < -0.4 is 0 Å². The third-order valence-corrected chi connectivity index (χ3v) is 4.52. The molecule has 1 aliphatic rings. The van der Waals surface area contributed by atoms with Crippen LogP contribution in [-0.2, 0) is 11.8 Å². The molecule has 0 aromatic heterocycles. The topological polar surface area (TPSA) is 0 Å². The Hall–Kier alpha value is -0.300. The second-order valence-electron chi connectivity index (χ2n) is 4.80. The first-order valence-corrected chi connectivity index (χ1v) is 6.14. The zero-order valence-corrected chi connectivity index (χ0v) is 10.7. The van der Waals surface area contributed by atoms with Crippen molar-refractivity contribution in [2.75, 3.05) is 0 Å². The van der Waals surface area contributed by atoms with Gasteiger partial charge in [-0.15, -0.1) is 0 Å². The van der Waals surface area contributed by atoms with Crippen LogP contribution in [0.15, 0.2) is 22.7 Å². The molecular weight excluding hydrogens is 236 g/mol. The van der Waals surface area contributed by atoms with Gasteiger partial charge in [0, 0.05) is 4.47 Å². The minimum absolute atomic E-state index is 0.355. The van der Waals surface area contributed by atoms with Gasteiger partial charge in [-0.3, -0.25) is 0 Å². The predicted molar refractivity (Wildman–Crippen MR) is 64.7 cm³/mol. The van der Waals surface area contributed by atoms with Crippen molar-refractivity contribution in [2.24, 2.45) is 5.92 Å². The molecule has 14 heavy (non-hydrogen) atoms. The molecule has 0 spiro atoms. The van der Waals surface area contributed by atoms with Gasteiger partial charge in [-0.2, -0.15) is 0 Å². The highest BCUT2D eigenvalue weighted by molar-refractivity contribution is 9.10. The van der Waals surface area contributed by atoms with Crippen molar-refractivity contribution in [1.29, 1.82) is 0 Å². The third-order valence-electron chi connectivity index (χ3n) is 3.78. The highest BCUT2D eigenvalue weighted by atomic mass is 79.9. The van der Waals surface area contributed by atoms with Gasteiger partial charge in [0.05, 0.1) is 0 Å². The highest BCUT2D eigenvalue weighted by Gasteiger charge is 2.38. The van der Waals surface area contributed by atoms with Crippen LogP contribution in [0.2, 0.25) is 0 Å². The molecule has 1 heteroatoms. The Labute approximate surface area is 94.8 Å². The van der Waals surface area contributed by atoms with Gasteiger partial charge in [0.1, 0.15) is 0 Å². The summed E-state index contributed by atoms with van der Waals surface area (Å²) in [5.74, 6) is 0.802. The quantitative estimate of drug-likeness (QED) is 0.699. The largest absolute Gasteiger partial charge is 0.0651 e. The number of halogens is 1. The molecule has 0 nitrogen and oxygen atoms in total. The monoisotopic (exact) mass is 252 g/mol. The summed E-state index contributed by atoms with van der Waals surface area (Å²) in [5.41, 5.74) is 3.43. The summed E-state index contributed by atoms with van der Waals surface area (Å²) < 4.78 is 1.29. The molecule has 0 saturated heterocycles. The normalized spacial score (nSPS) is 23.6. The average molecular weight is 253 g/mol. The molecular formula is C13H17Br. The van der Waals surface area contributed by atoms with Crippen LogP contribution in [0.4, 0.5) is 0 Å². The second-order valence-corrected chi connectivity index (χ2v) is 5.65. The van der Waals surface area contributed by atoms with Gasteiger partial charge < -0.3 is 0 Å². The first-order chi connectivity index (χ1) is 6.57. The van der Waals surface area contributed by atoms with Crippen LogP contribution in [0, 0.1) is 5.92 Å². The van der Waals surface area contributed by atoms with E-state index in [1.807, 2.05) is 0 Å². The Morgan fingerprint density at radius 3 is 2.71 bits per heavy atom. The zero-order chi connectivity index (χ0) is 10.3. The molecule has 1 aromatic carbocycles. The number of rotatable bonds is 1. The fourth-order valence-corrected chi connectivity index (χ4v) is 3.27. The Morgan fingerprint density at radius 2 is 2.14 bits per heavy atom. The molecule has 0 N–H and O–H groups in total. The van der Waals surface area contributed by atoms with Gasteiger partial charge in [0.2, 0.25) is 0 Å². The van der Waals surface area contributed by atoms with Crippen LogP contribution in [0.5, 0.6) is 0 Å². The van der Waals surface area contributed by atoms with Crippen molar-refractivity contribution in [1.82, 2.24) is 0 Å². The molecule has 0 bridgehead atoms. The highest BCUT2D eigenvalue weighted by Crippen LogP contribution is 2.46. The summed E-state index contributed by atoms with van der Waals surface area (Å²) in [5, 5.41) is 0. The molecule has 2 rings (SSSR count). The van der Waals surface area contributed by atoms with Crippen LogP contribution in [0.1, 0.15) is 38.3 Å². The lowest BCUT2D eigenvalue weighted by Crippen LogP contribution is -2.23. The molecule has 0 unspecified atom stereocenters. The van der Waals surface area contributed by atoms with Gasteiger partial charge in [-0.1, -0.05) is 55.3 Å². The van der Waals surface area contributed by atoms with Crippen LogP contribution >= 0.6 is 15.9 Å². The predicted octanol–water partition coefficient (Wildman–Crippen LogP) is 4.31. The van der Waals surface area contributed by atoms with Crippen molar-refractivity contribution in [3.63, 3.8) is 0 Å². The van der Waals surface area contributed by atoms with Crippen LogP contribution in [-0.4, -0.2) is 0 Å². The lowest BCUT2D eigenvalue weighted by atomic mass is 9.77. The number of hydrogen-bond acceptors (Lipinski definition) is 0. The number of hydrogen-bond donors (Lipinski definition) is 0. The van der Waals surface area contributed by atoms with Crippen LogP contribution in [0.3, 0.4) is 0 Å². The summed E-state index contributed by atoms with van der Waals surface area (Å²) in [6, 6.07) is 6.60. The molecule has 0 amide bonds. The average Bonchev–Trinajstić information content (AvgIpc) is 2.40. The minimum atomic E-state index is 0.355. The molecule has 0 radical (unpaired) electrons. The van der Waals surface area contributed by atoms with Crippen molar-refractivity contribution >= 4 is 15.9 Å². The molecule has 1 aromatic rings. The van der Waals surface area contributed by atoms with Gasteiger partial charge in [-0.05, 0) is 34.9 Å². The lowest BCUT2D eigenvalue weighted by molar-refractivity contribution is 0.339. The molecule has 0 fully saturated rings. The summed E-state index contributed by atoms with van der Waals surface area (Å²) >= 11 is 3.66. The Bertz CT molecular complexity index is 352. The molecule has 0 heterocycles. The minimum Gasteiger partial charge on any atom is -0.0651 e. The number of fused-ring (bicyclic) bond motifs is 1. The Balaban J connectivity index is 2.54. The fourth-order valence-electron chi connectivity index (χ4n) is 2.75. The van der Waals surface area contributed by atoms with Gasteiger partial charge in [0.25, 0.3) is 0 Å². The van der Waals surface area contributed by atoms with E-state index in [1.54, 1.807) is 5.56 Å². The molecule has 0 saturated carbocycles. The third kappa shape index (κ3) is 1.33. The van der Waals surface area contributed by atoms with Gasteiger partial charge in [0.15, 0.2) is 0 Å². The SMILES string of the molecule is CC[C@H]1Cc2c(Br)cccc2C1(C)C. The summed E-state index contributed by atoms with van der Waals surface area (Å²) in [6.07, 6.45) is 2.51. The maximum atomic E-state index is 3.66. The molecule has 1 atom stereocenters. The zero-order valence-electron chi connectivity index (χ0n) is 9.10. The van der Waals surface area contributed by atoms with E-state index in [1.165, 1.54) is 22.9 Å². The van der Waals surface area contributed by atoms with Crippen molar-refractivity contribution in [2.45, 2.75) is 39.0 Å². The van der Waals surface area contributed by atoms with E-state index in [0.717, 1.165) is 5.92 Å². The maximum absolute atomic E-state index is 3.66. The van der Waals surface area contributed by atoms with Crippen molar-refractivity contribution in [3.8, 4) is 0 Å². The summed E-state index contributed by atoms with van der Waals surface area (Å²) in [6.45, 7) is 7.05. The van der Waals surface area contributed by atoms with E-state index in [-0.39, 0.29) is 0 Å². The number of benzene rings is 1.